The van der Waals surface area contributed by atoms with Crippen molar-refractivity contribution in [3.63, 3.8) is 0 Å². The minimum absolute atomic E-state index is 0.101. The second-order valence-electron chi connectivity index (χ2n) is 27.3. The zero-order valence-corrected chi connectivity index (χ0v) is 60.6. The Morgan fingerprint density at radius 3 is 0.789 bits per heavy atom. The summed E-state index contributed by atoms with van der Waals surface area (Å²) in [6.07, 6.45) is 43.5. The van der Waals surface area contributed by atoms with Crippen molar-refractivity contribution >= 4 is 39.5 Å². The molecule has 0 aliphatic rings. The van der Waals surface area contributed by atoms with Crippen LogP contribution in [0.3, 0.4) is 0 Å². The van der Waals surface area contributed by atoms with Gasteiger partial charge in [-0.05, 0) is 49.4 Å². The lowest BCUT2D eigenvalue weighted by molar-refractivity contribution is -0.161. The van der Waals surface area contributed by atoms with Gasteiger partial charge in [-0.2, -0.15) is 0 Å². The van der Waals surface area contributed by atoms with E-state index in [2.05, 4.69) is 55.4 Å². The molecule has 90 heavy (non-hydrogen) atoms. The molecule has 0 aliphatic carbocycles. The summed E-state index contributed by atoms with van der Waals surface area (Å²) in [5, 5.41) is 10.6. The Morgan fingerprint density at radius 1 is 0.311 bits per heavy atom. The fourth-order valence-corrected chi connectivity index (χ4v) is 12.2. The van der Waals surface area contributed by atoms with Crippen molar-refractivity contribution in [2.45, 2.75) is 369 Å². The first-order chi connectivity index (χ1) is 43.1. The quantitative estimate of drug-likeness (QED) is 0.0222. The number of hydrogen-bond acceptors (Lipinski definition) is 15. The highest BCUT2D eigenvalue weighted by atomic mass is 31.2. The molecule has 17 nitrogen and oxygen atoms in total. The summed E-state index contributed by atoms with van der Waals surface area (Å²) in [6.45, 7) is 14.0. The van der Waals surface area contributed by atoms with Gasteiger partial charge < -0.3 is 33.8 Å². The molecule has 19 heteroatoms. The van der Waals surface area contributed by atoms with E-state index in [9.17, 15) is 43.2 Å². The van der Waals surface area contributed by atoms with E-state index in [1.165, 1.54) is 141 Å². The number of ether oxygens (including phenoxy) is 4. The highest BCUT2D eigenvalue weighted by Crippen LogP contribution is 2.45. The van der Waals surface area contributed by atoms with Crippen molar-refractivity contribution in [1.29, 1.82) is 0 Å². The van der Waals surface area contributed by atoms with Crippen molar-refractivity contribution in [3.05, 3.63) is 0 Å². The van der Waals surface area contributed by atoms with Gasteiger partial charge in [0, 0.05) is 25.7 Å². The fourth-order valence-electron chi connectivity index (χ4n) is 10.6. The van der Waals surface area contributed by atoms with E-state index in [1.54, 1.807) is 0 Å². The van der Waals surface area contributed by atoms with E-state index >= 15 is 0 Å². The van der Waals surface area contributed by atoms with Crippen molar-refractivity contribution < 1.29 is 80.2 Å². The minimum atomic E-state index is -4.95. The molecular formula is C71H138O17P2. The van der Waals surface area contributed by atoms with Crippen LogP contribution < -0.4 is 0 Å². The summed E-state index contributed by atoms with van der Waals surface area (Å²) in [5.74, 6) is 0.790. The minimum Gasteiger partial charge on any atom is -0.462 e. The Bertz CT molecular complexity index is 1780. The molecule has 0 saturated heterocycles. The Balaban J connectivity index is 5.15. The van der Waals surface area contributed by atoms with E-state index in [4.69, 9.17) is 37.0 Å². The van der Waals surface area contributed by atoms with Gasteiger partial charge in [-0.25, -0.2) is 9.13 Å². The first-order valence-corrected chi connectivity index (χ1v) is 39.7. The highest BCUT2D eigenvalue weighted by molar-refractivity contribution is 7.47. The van der Waals surface area contributed by atoms with Gasteiger partial charge in [0.2, 0.25) is 0 Å². The van der Waals surface area contributed by atoms with Gasteiger partial charge in [-0.15, -0.1) is 0 Å². The number of hydrogen-bond donors (Lipinski definition) is 3. The number of unbranched alkanes of at least 4 members (excludes halogenated alkanes) is 33. The predicted molar refractivity (Wildman–Crippen MR) is 363 cm³/mol. The van der Waals surface area contributed by atoms with Crippen LogP contribution in [-0.4, -0.2) is 96.7 Å². The predicted octanol–water partition coefficient (Wildman–Crippen LogP) is 20.1. The summed E-state index contributed by atoms with van der Waals surface area (Å²) in [7, 11) is -9.90. The molecule has 0 aliphatic heterocycles. The molecule has 0 saturated carbocycles. The van der Waals surface area contributed by atoms with Gasteiger partial charge in [0.05, 0.1) is 26.4 Å². The molecule has 0 spiro atoms. The Labute approximate surface area is 549 Å². The Hall–Kier alpha value is -1.94. The number of rotatable bonds is 68. The van der Waals surface area contributed by atoms with Gasteiger partial charge in [0.1, 0.15) is 19.3 Å². The lowest BCUT2D eigenvalue weighted by Gasteiger charge is -2.21. The molecule has 3 N–H and O–H groups in total. The summed E-state index contributed by atoms with van der Waals surface area (Å²) in [4.78, 5) is 72.4. The Morgan fingerprint density at radius 2 is 0.533 bits per heavy atom. The van der Waals surface area contributed by atoms with E-state index in [1.807, 2.05) is 0 Å². The lowest BCUT2D eigenvalue weighted by atomic mass is 10.00. The van der Waals surface area contributed by atoms with Crippen molar-refractivity contribution in [2.75, 3.05) is 39.6 Å². The van der Waals surface area contributed by atoms with Gasteiger partial charge in [-0.3, -0.25) is 37.3 Å². The lowest BCUT2D eigenvalue weighted by Crippen LogP contribution is -2.30. The van der Waals surface area contributed by atoms with Crippen molar-refractivity contribution in [3.8, 4) is 0 Å². The normalized spacial score (nSPS) is 14.6. The van der Waals surface area contributed by atoms with Crippen LogP contribution in [0, 0.1) is 23.7 Å². The molecule has 534 valence electrons. The van der Waals surface area contributed by atoms with Crippen LogP contribution in [-0.2, 0) is 65.4 Å². The van der Waals surface area contributed by atoms with Crippen LogP contribution >= 0.6 is 15.6 Å². The number of aliphatic hydroxyl groups is 1. The van der Waals surface area contributed by atoms with Crippen molar-refractivity contribution in [2.24, 2.45) is 23.7 Å². The summed E-state index contributed by atoms with van der Waals surface area (Å²) in [6, 6.07) is 0. The maximum Gasteiger partial charge on any atom is 0.472 e. The Kier molecular flexibility index (Phi) is 59.4. The molecule has 0 fully saturated rings. The van der Waals surface area contributed by atoms with Gasteiger partial charge in [0.15, 0.2) is 12.2 Å². The van der Waals surface area contributed by atoms with Crippen LogP contribution in [0.15, 0.2) is 0 Å². The zero-order valence-electron chi connectivity index (χ0n) is 58.8. The fraction of sp³-hybridized carbons (Fsp3) is 0.944. The second kappa shape index (κ2) is 60.7. The maximum absolute atomic E-state index is 13.0. The SMILES string of the molecule is CCC(C)CCCCCCCCC(=O)O[C@H](COC(=O)CCCCCCCCC(C)C)COP(=O)(O)OC[C@H](O)COP(=O)(O)OC[C@@H](COC(=O)CCCCCCCCCC(C)C)OC(=O)CCCCCCCCCCCCCCCCCCCCC(C)C. The van der Waals surface area contributed by atoms with Crippen LogP contribution in [0.25, 0.3) is 0 Å². The van der Waals surface area contributed by atoms with E-state index in [-0.39, 0.29) is 25.7 Å². The molecule has 0 radical (unpaired) electrons. The van der Waals surface area contributed by atoms with Crippen LogP contribution in [0.5, 0.6) is 0 Å². The molecule has 0 heterocycles. The topological polar surface area (TPSA) is 237 Å². The van der Waals surface area contributed by atoms with Gasteiger partial charge in [0.25, 0.3) is 0 Å². The summed E-state index contributed by atoms with van der Waals surface area (Å²) >= 11 is 0. The third-order valence-electron chi connectivity index (χ3n) is 16.7. The van der Waals surface area contributed by atoms with Crippen LogP contribution in [0.2, 0.25) is 0 Å². The first-order valence-electron chi connectivity index (χ1n) is 36.7. The smallest absolute Gasteiger partial charge is 0.462 e. The molecule has 0 aromatic rings. The van der Waals surface area contributed by atoms with E-state index in [0.29, 0.717) is 37.5 Å². The summed E-state index contributed by atoms with van der Waals surface area (Å²) < 4.78 is 68.2. The van der Waals surface area contributed by atoms with Crippen LogP contribution in [0.1, 0.15) is 351 Å². The standard InChI is InChI=1S/C71H138O17P2/c1-9-64(8)50-42-34-28-30-38-46-54-71(76)88-67(58-82-69(74)52-44-36-29-27-33-41-49-63(6)7)60-86-90(79,80)84-56-65(72)55-83-89(77,78)85-59-66(57-81-68(73)51-43-35-26-22-24-32-40-48-62(4)5)87-70(75)53-45-37-25-21-19-17-15-13-11-10-12-14-16-18-20-23-31-39-47-61(2)3/h61-67,72H,9-60H2,1-8H3,(H,77,78)(H,79,80)/t64?,65-,66-,67-/m1/s1. The van der Waals surface area contributed by atoms with E-state index in [0.717, 1.165) is 115 Å². The van der Waals surface area contributed by atoms with Crippen LogP contribution in [0.4, 0.5) is 0 Å². The number of carbonyl (C=O) groups is 4. The maximum atomic E-state index is 13.0. The number of carbonyl (C=O) groups excluding carboxylic acids is 4. The third kappa shape index (κ3) is 63.5. The number of aliphatic hydroxyl groups excluding tert-OH is 1. The van der Waals surface area contributed by atoms with E-state index < -0.39 is 97.5 Å². The average Bonchev–Trinajstić information content (AvgIpc) is 3.62. The molecule has 0 amide bonds. The van der Waals surface area contributed by atoms with Gasteiger partial charge >= 0.3 is 39.5 Å². The monoisotopic (exact) mass is 1320 g/mol. The third-order valence-corrected chi connectivity index (χ3v) is 18.6. The molecule has 0 aromatic carbocycles. The molecule has 3 unspecified atom stereocenters. The molecule has 0 aromatic heterocycles. The second-order valence-corrected chi connectivity index (χ2v) is 30.2. The molecule has 0 bridgehead atoms. The largest absolute Gasteiger partial charge is 0.472 e. The summed E-state index contributed by atoms with van der Waals surface area (Å²) in [5.41, 5.74) is 0. The molecular weight excluding hydrogens is 1190 g/mol. The molecule has 0 rings (SSSR count). The average molecular weight is 1330 g/mol. The number of esters is 4. The van der Waals surface area contributed by atoms with Crippen molar-refractivity contribution in [1.82, 2.24) is 0 Å². The highest BCUT2D eigenvalue weighted by Gasteiger charge is 2.30. The molecule has 6 atom stereocenters. The first kappa shape index (κ1) is 88.1. The zero-order chi connectivity index (χ0) is 66.8. The number of phosphoric ester groups is 2. The van der Waals surface area contributed by atoms with Gasteiger partial charge in [-0.1, -0.05) is 299 Å². The number of phosphoric acid groups is 2.